The van der Waals surface area contributed by atoms with Crippen LogP contribution in [0.5, 0.6) is 0 Å². The molecule has 2 aromatic rings. The summed E-state index contributed by atoms with van der Waals surface area (Å²) in [5.74, 6) is 0.962. The van der Waals surface area contributed by atoms with Gasteiger partial charge in [-0.15, -0.1) is 0 Å². The van der Waals surface area contributed by atoms with Crippen LogP contribution in [0.3, 0.4) is 0 Å². The molecule has 0 saturated carbocycles. The van der Waals surface area contributed by atoms with E-state index < -0.39 is 5.60 Å². The Morgan fingerprint density at radius 3 is 2.91 bits per heavy atom. The molecule has 3 rings (SSSR count). The van der Waals surface area contributed by atoms with E-state index in [-0.39, 0.29) is 5.41 Å². The summed E-state index contributed by atoms with van der Waals surface area (Å²) in [7, 11) is 1.77. The first-order valence-electron chi connectivity index (χ1n) is 7.60. The number of fused-ring (bicyclic) bond motifs is 1. The number of allylic oxidation sites excluding steroid dienone is 1. The molecule has 0 amide bonds. The van der Waals surface area contributed by atoms with Crippen LogP contribution in [-0.2, 0) is 22.2 Å². The average molecular weight is 298 g/mol. The van der Waals surface area contributed by atoms with Gasteiger partial charge < -0.3 is 9.26 Å². The van der Waals surface area contributed by atoms with Gasteiger partial charge in [-0.2, -0.15) is 0 Å². The van der Waals surface area contributed by atoms with Gasteiger partial charge in [0, 0.05) is 30.7 Å². The quantitative estimate of drug-likeness (QED) is 0.863. The van der Waals surface area contributed by atoms with Gasteiger partial charge >= 0.3 is 0 Å². The Hall–Kier alpha value is -1.94. The Morgan fingerprint density at radius 1 is 1.36 bits per heavy atom. The second-order valence-corrected chi connectivity index (χ2v) is 6.56. The van der Waals surface area contributed by atoms with Crippen molar-refractivity contribution in [1.29, 1.82) is 0 Å². The van der Waals surface area contributed by atoms with Gasteiger partial charge in [0.15, 0.2) is 0 Å². The van der Waals surface area contributed by atoms with E-state index in [1.807, 2.05) is 31.5 Å². The highest BCUT2D eigenvalue weighted by atomic mass is 16.5. The summed E-state index contributed by atoms with van der Waals surface area (Å²) in [5.41, 5.74) is 2.58. The Labute approximate surface area is 131 Å². The normalized spacial score (nSPS) is 23.6. The first kappa shape index (κ1) is 15.0. The van der Waals surface area contributed by atoms with E-state index in [1.54, 1.807) is 7.11 Å². The maximum Gasteiger partial charge on any atom is 0.145 e. The number of ether oxygens (including phenoxy) is 1. The Kier molecular flexibility index (Phi) is 3.65. The van der Waals surface area contributed by atoms with Gasteiger partial charge in [0.25, 0.3) is 0 Å². The fourth-order valence-electron chi connectivity index (χ4n) is 3.63. The van der Waals surface area contributed by atoms with E-state index in [4.69, 9.17) is 9.26 Å². The third-order valence-corrected chi connectivity index (χ3v) is 4.47. The summed E-state index contributed by atoms with van der Waals surface area (Å²) < 4.78 is 11.5. The monoisotopic (exact) mass is 298 g/mol. The minimum Gasteiger partial charge on any atom is -0.372 e. The van der Waals surface area contributed by atoms with Crippen LogP contribution in [0.15, 0.2) is 35.1 Å². The molecule has 4 nitrogen and oxygen atoms in total. The molecule has 0 radical (unpaired) electrons. The lowest BCUT2D eigenvalue weighted by Gasteiger charge is -2.42. The van der Waals surface area contributed by atoms with Crippen LogP contribution in [-0.4, -0.2) is 17.3 Å². The molecule has 1 unspecified atom stereocenters. The summed E-state index contributed by atoms with van der Waals surface area (Å²) in [6.45, 7) is 6.35. The molecule has 0 fully saturated rings. The van der Waals surface area contributed by atoms with E-state index in [0.717, 1.165) is 35.4 Å². The molecule has 0 spiro atoms. The van der Waals surface area contributed by atoms with E-state index in [1.165, 1.54) is 0 Å². The van der Waals surface area contributed by atoms with E-state index in [9.17, 15) is 0 Å². The molecule has 0 aliphatic heterocycles. The second-order valence-electron chi connectivity index (χ2n) is 6.56. The van der Waals surface area contributed by atoms with Gasteiger partial charge in [0.1, 0.15) is 11.4 Å². The van der Waals surface area contributed by atoms with Gasteiger partial charge in [0.05, 0.1) is 11.9 Å². The van der Waals surface area contributed by atoms with Gasteiger partial charge in [-0.25, -0.2) is 0 Å². The van der Waals surface area contributed by atoms with E-state index >= 15 is 0 Å². The minimum absolute atomic E-state index is 0.148. The molecule has 0 saturated heterocycles. The molecule has 1 atom stereocenters. The summed E-state index contributed by atoms with van der Waals surface area (Å²) in [5, 5.41) is 3.99. The summed E-state index contributed by atoms with van der Waals surface area (Å²) >= 11 is 0. The Bertz CT molecular complexity index is 703. The van der Waals surface area contributed by atoms with Crippen LogP contribution in [0, 0.1) is 0 Å². The van der Waals surface area contributed by atoms with Crippen LogP contribution in [0.4, 0.5) is 0 Å². The van der Waals surface area contributed by atoms with Crippen molar-refractivity contribution in [3.63, 3.8) is 0 Å². The molecular weight excluding hydrogens is 276 g/mol. The first-order valence-corrected chi connectivity index (χ1v) is 7.60. The molecular formula is C18H22N2O2. The highest BCUT2D eigenvalue weighted by molar-refractivity contribution is 5.53. The molecule has 116 valence electrons. The molecule has 2 aromatic heterocycles. The molecule has 4 heteroatoms. The number of hydrogen-bond donors (Lipinski definition) is 0. The fourth-order valence-corrected chi connectivity index (χ4v) is 3.63. The third kappa shape index (κ3) is 2.28. The van der Waals surface area contributed by atoms with Crippen molar-refractivity contribution in [2.24, 2.45) is 0 Å². The van der Waals surface area contributed by atoms with Crippen LogP contribution in [0.25, 0.3) is 6.08 Å². The lowest BCUT2D eigenvalue weighted by atomic mass is 9.68. The first-order chi connectivity index (χ1) is 10.5. The number of rotatable bonds is 3. The average Bonchev–Trinajstić information content (AvgIpc) is 2.96. The third-order valence-electron chi connectivity index (χ3n) is 4.47. The van der Waals surface area contributed by atoms with Gasteiger partial charge in [-0.05, 0) is 25.0 Å². The van der Waals surface area contributed by atoms with Crippen LogP contribution in [0.1, 0.15) is 49.8 Å². The summed E-state index contributed by atoms with van der Waals surface area (Å²) in [6, 6.07) is 4.04. The topological polar surface area (TPSA) is 48.2 Å². The maximum absolute atomic E-state index is 6.05. The van der Waals surface area contributed by atoms with Crippen molar-refractivity contribution in [3.8, 4) is 0 Å². The fraction of sp³-hybridized carbons (Fsp3) is 0.444. The molecule has 1 aliphatic carbocycles. The lowest BCUT2D eigenvalue weighted by Crippen LogP contribution is -2.43. The Morgan fingerprint density at radius 2 is 2.18 bits per heavy atom. The molecule has 0 bridgehead atoms. The molecule has 0 N–H and O–H groups in total. The van der Waals surface area contributed by atoms with Gasteiger partial charge in [-0.3, -0.25) is 4.98 Å². The van der Waals surface area contributed by atoms with Crippen molar-refractivity contribution in [1.82, 2.24) is 10.1 Å². The summed E-state index contributed by atoms with van der Waals surface area (Å²) in [6.07, 6.45) is 9.29. The van der Waals surface area contributed by atoms with Crippen molar-refractivity contribution in [2.45, 2.75) is 44.6 Å². The predicted molar refractivity (Wildman–Crippen MR) is 85.5 cm³/mol. The van der Waals surface area contributed by atoms with Crippen LogP contribution in [0.2, 0.25) is 0 Å². The van der Waals surface area contributed by atoms with Crippen molar-refractivity contribution in [2.75, 3.05) is 7.11 Å². The second kappa shape index (κ2) is 5.36. The highest BCUT2D eigenvalue weighted by Crippen LogP contribution is 2.48. The maximum atomic E-state index is 6.05. The van der Waals surface area contributed by atoms with E-state index in [2.05, 4.69) is 36.1 Å². The zero-order valence-electron chi connectivity index (χ0n) is 13.6. The Balaban J connectivity index is 2.16. The van der Waals surface area contributed by atoms with Crippen molar-refractivity contribution in [3.05, 3.63) is 53.2 Å². The standard InChI is InChI=1S/C18H22N2O2/c1-5-7-13-8-6-9-19-15(13)18(21-4)10-14-11-20-22-16(14)17(2,3)12-18/h5-9,11H,10,12H2,1-4H3/b7-5+. The zero-order chi connectivity index (χ0) is 15.8. The lowest BCUT2D eigenvalue weighted by molar-refractivity contribution is -0.0508. The van der Waals surface area contributed by atoms with Crippen molar-refractivity contribution >= 4 is 6.08 Å². The molecule has 2 heterocycles. The predicted octanol–water partition coefficient (Wildman–Crippen LogP) is 3.87. The van der Waals surface area contributed by atoms with Crippen LogP contribution < -0.4 is 0 Å². The summed E-state index contributed by atoms with van der Waals surface area (Å²) in [4.78, 5) is 4.66. The number of nitrogens with zero attached hydrogens (tertiary/aromatic N) is 2. The van der Waals surface area contributed by atoms with Gasteiger partial charge in [0.2, 0.25) is 0 Å². The van der Waals surface area contributed by atoms with Crippen LogP contribution >= 0.6 is 0 Å². The highest BCUT2D eigenvalue weighted by Gasteiger charge is 2.48. The number of pyridine rings is 1. The smallest absolute Gasteiger partial charge is 0.145 e. The zero-order valence-corrected chi connectivity index (χ0v) is 13.6. The van der Waals surface area contributed by atoms with Gasteiger partial charge in [-0.1, -0.05) is 37.2 Å². The number of aromatic nitrogens is 2. The SMILES string of the molecule is C/C=C/c1cccnc1C1(OC)Cc2cnoc2C(C)(C)C1. The van der Waals surface area contributed by atoms with Crippen molar-refractivity contribution < 1.29 is 9.26 Å². The largest absolute Gasteiger partial charge is 0.372 e. The minimum atomic E-state index is -0.460. The number of hydrogen-bond acceptors (Lipinski definition) is 4. The van der Waals surface area contributed by atoms with E-state index in [0.29, 0.717) is 0 Å². The molecule has 22 heavy (non-hydrogen) atoms. The number of methoxy groups -OCH3 is 1. The molecule has 1 aliphatic rings. The molecule has 0 aromatic carbocycles.